The lowest BCUT2D eigenvalue weighted by atomic mass is 10.1. The lowest BCUT2D eigenvalue weighted by molar-refractivity contribution is -0.118. The van der Waals surface area contributed by atoms with E-state index in [1.807, 2.05) is 0 Å². The fourth-order valence-corrected chi connectivity index (χ4v) is 2.40. The van der Waals surface area contributed by atoms with Crippen molar-refractivity contribution < 1.29 is 18.7 Å². The van der Waals surface area contributed by atoms with Crippen molar-refractivity contribution in [3.63, 3.8) is 0 Å². The fraction of sp³-hybridized carbons (Fsp3) is 0.176. The lowest BCUT2D eigenvalue weighted by Gasteiger charge is -2.19. The van der Waals surface area contributed by atoms with Crippen LogP contribution in [0.15, 0.2) is 42.5 Å². The smallest absolute Gasteiger partial charge is 0.262 e. The highest BCUT2D eigenvalue weighted by Crippen LogP contribution is 2.28. The number of rotatable bonds is 3. The number of carbonyl (C=O) groups excluding carboxylic acids is 2. The van der Waals surface area contributed by atoms with Gasteiger partial charge in [-0.1, -0.05) is 18.2 Å². The number of anilines is 1. The van der Waals surface area contributed by atoms with E-state index < -0.39 is 6.04 Å². The van der Waals surface area contributed by atoms with Gasteiger partial charge in [-0.05, 0) is 31.2 Å². The van der Waals surface area contributed by atoms with Crippen LogP contribution in [0, 0.1) is 5.82 Å². The molecule has 2 amide bonds. The Morgan fingerprint density at radius 2 is 2.09 bits per heavy atom. The maximum absolute atomic E-state index is 13.7. The van der Waals surface area contributed by atoms with E-state index in [1.165, 1.54) is 6.07 Å². The highest BCUT2D eigenvalue weighted by Gasteiger charge is 2.19. The molecule has 5 nitrogen and oxygen atoms in total. The molecule has 1 aliphatic rings. The molecule has 2 aromatic rings. The minimum Gasteiger partial charge on any atom is -0.482 e. The molecular formula is C17H15FN2O3. The summed E-state index contributed by atoms with van der Waals surface area (Å²) in [5.41, 5.74) is 1.32. The molecule has 0 unspecified atom stereocenters. The fourth-order valence-electron chi connectivity index (χ4n) is 2.40. The van der Waals surface area contributed by atoms with Crippen LogP contribution in [0.2, 0.25) is 0 Å². The summed E-state index contributed by atoms with van der Waals surface area (Å²) in [5, 5.41) is 5.40. The summed E-state index contributed by atoms with van der Waals surface area (Å²) in [7, 11) is 0. The van der Waals surface area contributed by atoms with Gasteiger partial charge in [-0.15, -0.1) is 0 Å². The first-order chi connectivity index (χ1) is 11.0. The standard InChI is InChI=1S/C17H15FN2O3/c1-10(12-4-2-3-5-13(12)18)19-17(22)11-6-7-14-15(8-11)23-9-16(21)20-14/h2-8,10H,9H2,1H3,(H,19,22)(H,20,21)/t10-/m0/s1. The average Bonchev–Trinajstić information content (AvgIpc) is 2.54. The molecule has 0 saturated heterocycles. The molecule has 2 N–H and O–H groups in total. The molecule has 0 saturated carbocycles. The molecule has 1 atom stereocenters. The minimum atomic E-state index is -0.472. The van der Waals surface area contributed by atoms with E-state index in [4.69, 9.17) is 4.74 Å². The van der Waals surface area contributed by atoms with Crippen molar-refractivity contribution in [1.29, 1.82) is 0 Å². The van der Waals surface area contributed by atoms with Gasteiger partial charge in [0.05, 0.1) is 11.7 Å². The number of fused-ring (bicyclic) bond motifs is 1. The van der Waals surface area contributed by atoms with Crippen molar-refractivity contribution in [2.45, 2.75) is 13.0 Å². The van der Waals surface area contributed by atoms with E-state index >= 15 is 0 Å². The van der Waals surface area contributed by atoms with Crippen molar-refractivity contribution in [3.8, 4) is 5.75 Å². The number of hydrogen-bond acceptors (Lipinski definition) is 3. The van der Waals surface area contributed by atoms with Crippen LogP contribution in [0.1, 0.15) is 28.9 Å². The first-order valence-corrected chi connectivity index (χ1v) is 7.16. The number of ether oxygens (including phenoxy) is 1. The molecule has 1 aliphatic heterocycles. The van der Waals surface area contributed by atoms with E-state index in [9.17, 15) is 14.0 Å². The Labute approximate surface area is 132 Å². The van der Waals surface area contributed by atoms with Gasteiger partial charge in [-0.2, -0.15) is 0 Å². The van der Waals surface area contributed by atoms with Gasteiger partial charge in [0.1, 0.15) is 11.6 Å². The largest absolute Gasteiger partial charge is 0.482 e. The lowest BCUT2D eigenvalue weighted by Crippen LogP contribution is -2.28. The van der Waals surface area contributed by atoms with Gasteiger partial charge in [0.2, 0.25) is 0 Å². The van der Waals surface area contributed by atoms with Crippen LogP contribution in [0.5, 0.6) is 5.75 Å². The maximum atomic E-state index is 13.7. The molecule has 0 bridgehead atoms. The Bertz CT molecular complexity index is 776. The molecule has 0 radical (unpaired) electrons. The SMILES string of the molecule is C[C@H](NC(=O)c1ccc2c(c1)OCC(=O)N2)c1ccccc1F. The maximum Gasteiger partial charge on any atom is 0.262 e. The number of amides is 2. The third-order valence-corrected chi connectivity index (χ3v) is 3.60. The van der Waals surface area contributed by atoms with Crippen molar-refractivity contribution in [2.75, 3.05) is 11.9 Å². The molecule has 6 heteroatoms. The molecule has 2 aromatic carbocycles. The van der Waals surface area contributed by atoms with Crippen LogP contribution >= 0.6 is 0 Å². The normalized spacial score (nSPS) is 14.3. The number of hydrogen-bond donors (Lipinski definition) is 2. The van der Waals surface area contributed by atoms with Crippen LogP contribution in [0.3, 0.4) is 0 Å². The van der Waals surface area contributed by atoms with Crippen molar-refractivity contribution in [1.82, 2.24) is 5.32 Å². The molecule has 0 spiro atoms. The van der Waals surface area contributed by atoms with Crippen LogP contribution in [-0.4, -0.2) is 18.4 Å². The van der Waals surface area contributed by atoms with Gasteiger partial charge in [0, 0.05) is 11.1 Å². The van der Waals surface area contributed by atoms with Crippen LogP contribution in [0.25, 0.3) is 0 Å². The zero-order chi connectivity index (χ0) is 16.4. The topological polar surface area (TPSA) is 67.4 Å². The Morgan fingerprint density at radius 1 is 1.30 bits per heavy atom. The van der Waals surface area contributed by atoms with Crippen LogP contribution in [-0.2, 0) is 4.79 Å². The molecule has 1 heterocycles. The van der Waals surface area contributed by atoms with Crippen LogP contribution in [0.4, 0.5) is 10.1 Å². The number of carbonyl (C=O) groups is 2. The van der Waals surface area contributed by atoms with Gasteiger partial charge < -0.3 is 15.4 Å². The van der Waals surface area contributed by atoms with Crippen molar-refractivity contribution in [2.24, 2.45) is 0 Å². The predicted octanol–water partition coefficient (Wildman–Crippen LogP) is 2.65. The summed E-state index contributed by atoms with van der Waals surface area (Å²) in [4.78, 5) is 23.5. The summed E-state index contributed by atoms with van der Waals surface area (Å²) in [6.45, 7) is 1.63. The molecular weight excluding hydrogens is 299 g/mol. The highest BCUT2D eigenvalue weighted by molar-refractivity contribution is 5.99. The van der Waals surface area contributed by atoms with Crippen molar-refractivity contribution >= 4 is 17.5 Å². The van der Waals surface area contributed by atoms with E-state index in [-0.39, 0.29) is 24.2 Å². The summed E-state index contributed by atoms with van der Waals surface area (Å²) in [6.07, 6.45) is 0. The van der Waals surface area contributed by atoms with Crippen molar-refractivity contribution in [3.05, 3.63) is 59.4 Å². The number of benzene rings is 2. The number of halogens is 1. The van der Waals surface area contributed by atoms with E-state index in [0.29, 0.717) is 22.6 Å². The first-order valence-electron chi connectivity index (χ1n) is 7.16. The second kappa shape index (κ2) is 6.08. The van der Waals surface area contributed by atoms with Gasteiger partial charge in [-0.25, -0.2) is 4.39 Å². The van der Waals surface area contributed by atoms with E-state index in [1.54, 1.807) is 43.3 Å². The molecule has 23 heavy (non-hydrogen) atoms. The first kappa shape index (κ1) is 15.0. The average molecular weight is 314 g/mol. The minimum absolute atomic E-state index is 0.0797. The van der Waals surface area contributed by atoms with Gasteiger partial charge in [0.15, 0.2) is 6.61 Å². The predicted molar refractivity (Wildman–Crippen MR) is 82.8 cm³/mol. The van der Waals surface area contributed by atoms with E-state index in [2.05, 4.69) is 10.6 Å². The molecule has 0 aromatic heterocycles. The van der Waals surface area contributed by atoms with E-state index in [0.717, 1.165) is 0 Å². The summed E-state index contributed by atoms with van der Waals surface area (Å²) in [5.74, 6) is -0.500. The monoisotopic (exact) mass is 314 g/mol. The highest BCUT2D eigenvalue weighted by atomic mass is 19.1. The summed E-state index contributed by atoms with van der Waals surface area (Å²) < 4.78 is 19.0. The summed E-state index contributed by atoms with van der Waals surface area (Å²) in [6, 6.07) is 10.6. The Balaban J connectivity index is 1.76. The Kier molecular flexibility index (Phi) is 3.97. The Morgan fingerprint density at radius 3 is 2.87 bits per heavy atom. The third-order valence-electron chi connectivity index (χ3n) is 3.60. The second-order valence-electron chi connectivity index (χ2n) is 5.26. The second-order valence-corrected chi connectivity index (χ2v) is 5.26. The third kappa shape index (κ3) is 3.15. The quantitative estimate of drug-likeness (QED) is 0.915. The van der Waals surface area contributed by atoms with Crippen LogP contribution < -0.4 is 15.4 Å². The molecule has 0 aliphatic carbocycles. The Hall–Kier alpha value is -2.89. The molecule has 0 fully saturated rings. The zero-order valence-corrected chi connectivity index (χ0v) is 12.4. The zero-order valence-electron chi connectivity index (χ0n) is 12.4. The molecule has 118 valence electrons. The summed E-state index contributed by atoms with van der Waals surface area (Å²) >= 11 is 0. The van der Waals surface area contributed by atoms with Gasteiger partial charge >= 0.3 is 0 Å². The van der Waals surface area contributed by atoms with Gasteiger partial charge in [0.25, 0.3) is 11.8 Å². The number of nitrogens with one attached hydrogen (secondary N) is 2. The molecule has 3 rings (SSSR count). The van der Waals surface area contributed by atoms with Gasteiger partial charge in [-0.3, -0.25) is 9.59 Å².